The van der Waals surface area contributed by atoms with Crippen LogP contribution in [0, 0.1) is 29.1 Å². The van der Waals surface area contributed by atoms with Crippen molar-refractivity contribution in [2.75, 3.05) is 4.90 Å². The van der Waals surface area contributed by atoms with E-state index in [2.05, 4.69) is 264 Å². The van der Waals surface area contributed by atoms with Crippen molar-refractivity contribution in [3.63, 3.8) is 0 Å². The quantitative estimate of drug-likeness (QED) is 0.147. The van der Waals surface area contributed by atoms with Crippen LogP contribution in [-0.4, -0.2) is 4.57 Å². The Bertz CT molecular complexity index is 4270. The zero-order chi connectivity index (χ0) is 49.0. The van der Waals surface area contributed by atoms with E-state index >= 15 is 0 Å². The highest BCUT2D eigenvalue weighted by Crippen LogP contribution is 2.94. The lowest BCUT2D eigenvalue weighted by Crippen LogP contribution is -2.88. The number of fused-ring (bicyclic) bond motifs is 11. The zero-order valence-corrected chi connectivity index (χ0v) is 41.6. The number of benzene rings is 11. The third-order valence-corrected chi connectivity index (χ3v) is 19.5. The van der Waals surface area contributed by atoms with Gasteiger partial charge in [0, 0.05) is 38.8 Å². The van der Waals surface area contributed by atoms with E-state index in [1.807, 2.05) is 0 Å². The molecule has 0 aliphatic heterocycles. The molecule has 0 bridgehead atoms. The molecule has 4 saturated carbocycles. The van der Waals surface area contributed by atoms with Crippen molar-refractivity contribution in [1.82, 2.24) is 4.57 Å². The molecule has 2 spiro atoms. The summed E-state index contributed by atoms with van der Waals surface area (Å²) in [4.78, 5) is 2.48. The highest BCUT2D eigenvalue weighted by Gasteiger charge is 2.90. The first kappa shape index (κ1) is 41.7. The van der Waals surface area contributed by atoms with Gasteiger partial charge in [0.15, 0.2) is 0 Å². The van der Waals surface area contributed by atoms with E-state index in [0.29, 0.717) is 5.41 Å². The van der Waals surface area contributed by atoms with Crippen molar-refractivity contribution in [1.29, 1.82) is 0 Å². The molecule has 75 heavy (non-hydrogen) atoms. The molecule has 4 fully saturated rings. The number of anilines is 3. The van der Waals surface area contributed by atoms with Crippen LogP contribution in [0.3, 0.4) is 0 Å². The van der Waals surface area contributed by atoms with Gasteiger partial charge in [0.05, 0.1) is 16.7 Å². The molecule has 1 aromatic heterocycles. The Hall–Kier alpha value is -8.72. The summed E-state index contributed by atoms with van der Waals surface area (Å²) in [6.45, 7) is 0. The molecular weight excluding hydrogens is 905 g/mol. The smallest absolute Gasteiger partial charge is 0.0547 e. The van der Waals surface area contributed by atoms with E-state index in [0.717, 1.165) is 46.4 Å². The summed E-state index contributed by atoms with van der Waals surface area (Å²) in [5, 5.41) is 5.00. The van der Waals surface area contributed by atoms with Crippen LogP contribution in [-0.2, 0) is 5.41 Å². The Morgan fingerprint density at radius 2 is 0.907 bits per heavy atom. The molecule has 12 aromatic rings. The molecule has 4 unspecified atom stereocenters. The standard InChI is InChI=1S/C73H52N2/c1-3-16-47(17-4-1)56-25-13-18-49-19-14-27-61(70(49)56)60-23-8-11-29-65(60)74(55-39-34-48(35-40-55)57-26-15-31-67-71(57)62-24-9-12-30-66(62)75(67)53-20-5-2-6-21-53)54-37-32-46(33-38-54)50-36-41-59-58-22-7-10-28-63(58)73(64(59)42-50)68-44-51-43-52-45-69(73)72(51,52)68/h1-42,51-52,68-69H,43-45H2. The van der Waals surface area contributed by atoms with Crippen molar-refractivity contribution in [2.45, 2.75) is 24.7 Å². The molecule has 5 aliphatic rings. The SMILES string of the molecule is c1ccc(-c2cccc3cccc(-c4ccccc4N(c4ccc(-c5ccc6c(c5)C5(c7ccccc7-6)C6CC7CC8CC5C786)cc4)c4ccc(-c5cccc6c5c5ccccc5n6-c5ccccc5)cc4)c23)cc1. The van der Waals surface area contributed by atoms with Gasteiger partial charge in [0.25, 0.3) is 0 Å². The van der Waals surface area contributed by atoms with E-state index in [1.54, 1.807) is 11.1 Å². The second-order valence-electron chi connectivity index (χ2n) is 22.3. The fourth-order valence-corrected chi connectivity index (χ4v) is 16.6. The van der Waals surface area contributed by atoms with Crippen molar-refractivity contribution in [3.05, 3.63) is 266 Å². The first-order valence-corrected chi connectivity index (χ1v) is 27.2. The summed E-state index contributed by atoms with van der Waals surface area (Å²) in [6.07, 6.45) is 4.32. The number of hydrogen-bond donors (Lipinski definition) is 0. The monoisotopic (exact) mass is 956 g/mol. The van der Waals surface area contributed by atoms with Gasteiger partial charge < -0.3 is 9.47 Å². The largest absolute Gasteiger partial charge is 0.310 e. The predicted octanol–water partition coefficient (Wildman–Crippen LogP) is 19.0. The normalized spacial score (nSPS) is 22.1. The van der Waals surface area contributed by atoms with Gasteiger partial charge >= 0.3 is 0 Å². The Kier molecular flexibility index (Phi) is 8.58. The highest BCUT2D eigenvalue weighted by molar-refractivity contribution is 6.16. The molecule has 2 heteroatoms. The fraction of sp³-hybridized carbons (Fsp3) is 0.123. The number of nitrogens with zero attached hydrogens (tertiary/aromatic N) is 2. The van der Waals surface area contributed by atoms with Gasteiger partial charge in [-0.15, -0.1) is 0 Å². The minimum atomic E-state index is 0.189. The Balaban J connectivity index is 0.810. The van der Waals surface area contributed by atoms with Gasteiger partial charge in [-0.3, -0.25) is 0 Å². The highest BCUT2D eigenvalue weighted by atomic mass is 15.1. The summed E-state index contributed by atoms with van der Waals surface area (Å²) in [7, 11) is 0. The summed E-state index contributed by atoms with van der Waals surface area (Å²) >= 11 is 0. The van der Waals surface area contributed by atoms with Crippen LogP contribution in [0.4, 0.5) is 17.1 Å². The van der Waals surface area contributed by atoms with Crippen LogP contribution < -0.4 is 4.90 Å². The maximum atomic E-state index is 2.62. The average Bonchev–Trinajstić information content (AvgIpc) is 4.09. The minimum Gasteiger partial charge on any atom is -0.310 e. The first-order chi connectivity index (χ1) is 37.2. The van der Waals surface area contributed by atoms with Gasteiger partial charge in [-0.05, 0) is 181 Å². The molecule has 11 aromatic carbocycles. The van der Waals surface area contributed by atoms with E-state index < -0.39 is 0 Å². The van der Waals surface area contributed by atoms with Crippen molar-refractivity contribution in [3.8, 4) is 61.3 Å². The summed E-state index contributed by atoms with van der Waals surface area (Å²) in [5.74, 6) is 3.59. The van der Waals surface area contributed by atoms with Crippen LogP contribution in [0.25, 0.3) is 93.9 Å². The Morgan fingerprint density at radius 1 is 0.360 bits per heavy atom. The van der Waals surface area contributed by atoms with E-state index in [1.165, 1.54) is 107 Å². The second-order valence-corrected chi connectivity index (χ2v) is 22.3. The van der Waals surface area contributed by atoms with E-state index in [-0.39, 0.29) is 5.41 Å². The molecular formula is C73H52N2. The lowest BCUT2D eigenvalue weighted by Gasteiger charge is -2.92. The van der Waals surface area contributed by atoms with Crippen LogP contribution in [0.1, 0.15) is 30.4 Å². The summed E-state index contributed by atoms with van der Waals surface area (Å²) < 4.78 is 2.41. The number of aromatic nitrogens is 1. The predicted molar refractivity (Wildman–Crippen MR) is 311 cm³/mol. The molecule has 17 rings (SSSR count). The molecule has 5 aliphatic carbocycles. The number of para-hydroxylation sites is 3. The zero-order valence-electron chi connectivity index (χ0n) is 41.6. The second kappa shape index (κ2) is 15.4. The van der Waals surface area contributed by atoms with Crippen molar-refractivity contribution < 1.29 is 0 Å². The fourth-order valence-electron chi connectivity index (χ4n) is 16.6. The van der Waals surface area contributed by atoms with Gasteiger partial charge in [0.2, 0.25) is 0 Å². The van der Waals surface area contributed by atoms with Crippen molar-refractivity contribution >= 4 is 49.6 Å². The number of hydrogen-bond acceptors (Lipinski definition) is 1. The van der Waals surface area contributed by atoms with Crippen molar-refractivity contribution in [2.24, 2.45) is 29.1 Å². The van der Waals surface area contributed by atoms with Gasteiger partial charge in [0.1, 0.15) is 0 Å². The molecule has 4 atom stereocenters. The number of rotatable bonds is 8. The van der Waals surface area contributed by atoms with Crippen LogP contribution in [0.2, 0.25) is 0 Å². The Morgan fingerprint density at radius 3 is 1.65 bits per heavy atom. The lowest BCUT2D eigenvalue weighted by atomic mass is 9.11. The first-order valence-electron chi connectivity index (χ1n) is 27.2. The average molecular weight is 957 g/mol. The Labute approximate surface area is 437 Å². The lowest BCUT2D eigenvalue weighted by molar-refractivity contribution is -0.412. The molecule has 2 nitrogen and oxygen atoms in total. The summed E-state index contributed by atoms with van der Waals surface area (Å²) in [6, 6.07) is 95.4. The van der Waals surface area contributed by atoms with Crippen LogP contribution in [0.5, 0.6) is 0 Å². The molecule has 0 N–H and O–H groups in total. The van der Waals surface area contributed by atoms with Crippen LogP contribution in [0.15, 0.2) is 255 Å². The molecule has 0 saturated heterocycles. The summed E-state index contributed by atoms with van der Waals surface area (Å²) in [5.41, 5.74) is 23.8. The van der Waals surface area contributed by atoms with Crippen LogP contribution >= 0.6 is 0 Å². The maximum Gasteiger partial charge on any atom is 0.0547 e. The minimum absolute atomic E-state index is 0.189. The molecule has 1 heterocycles. The topological polar surface area (TPSA) is 8.17 Å². The van der Waals surface area contributed by atoms with E-state index in [9.17, 15) is 0 Å². The van der Waals surface area contributed by atoms with Gasteiger partial charge in [-0.25, -0.2) is 0 Å². The third-order valence-electron chi connectivity index (χ3n) is 19.5. The van der Waals surface area contributed by atoms with Gasteiger partial charge in [-0.1, -0.05) is 194 Å². The van der Waals surface area contributed by atoms with E-state index in [4.69, 9.17) is 0 Å². The third kappa shape index (κ3) is 5.44. The maximum absolute atomic E-state index is 2.62. The molecule has 354 valence electrons. The molecule has 0 amide bonds. The molecule has 0 radical (unpaired) electrons. The van der Waals surface area contributed by atoms with Gasteiger partial charge in [-0.2, -0.15) is 0 Å².